The number of piperazine rings is 1. The average Bonchev–Trinajstić information content (AvgIpc) is 2.47. The lowest BCUT2D eigenvalue weighted by Gasteiger charge is -2.33. The summed E-state index contributed by atoms with van der Waals surface area (Å²) in [6.45, 7) is 5.42. The van der Waals surface area contributed by atoms with Gasteiger partial charge in [0.2, 0.25) is 0 Å². The Balaban J connectivity index is 1.95. The summed E-state index contributed by atoms with van der Waals surface area (Å²) in [6.07, 6.45) is 0. The number of nitrogens with zero attached hydrogens (tertiary/aromatic N) is 4. The highest BCUT2D eigenvalue weighted by Crippen LogP contribution is 2.13. The molecule has 6 nitrogen and oxygen atoms in total. The number of pyridine rings is 1. The van der Waals surface area contributed by atoms with Gasteiger partial charge in [0.25, 0.3) is 5.91 Å². The van der Waals surface area contributed by atoms with Gasteiger partial charge >= 0.3 is 0 Å². The van der Waals surface area contributed by atoms with E-state index < -0.39 is 0 Å². The molecule has 21 heavy (non-hydrogen) atoms. The topological polar surface area (TPSA) is 51.7 Å². The van der Waals surface area contributed by atoms with Crippen molar-refractivity contribution in [1.29, 1.82) is 0 Å². The molecule has 1 aliphatic rings. The third kappa shape index (κ3) is 4.68. The number of carbonyl (C=O) groups excluding carboxylic acids is 1. The van der Waals surface area contributed by atoms with Crippen molar-refractivity contribution in [2.24, 2.45) is 0 Å². The number of aromatic nitrogens is 1. The van der Waals surface area contributed by atoms with Crippen LogP contribution in [-0.4, -0.2) is 81.1 Å². The lowest BCUT2D eigenvalue weighted by Crippen LogP contribution is -2.45. The SMILES string of the molecule is CN(C)CCNC(=O)c1cccc(N2CCN(C)CC2)n1. The maximum atomic E-state index is 12.1. The Labute approximate surface area is 126 Å². The molecule has 0 unspecified atom stereocenters. The van der Waals surface area contributed by atoms with E-state index in [1.54, 1.807) is 6.07 Å². The van der Waals surface area contributed by atoms with Crippen LogP contribution < -0.4 is 10.2 Å². The van der Waals surface area contributed by atoms with Crippen LogP contribution in [-0.2, 0) is 0 Å². The van der Waals surface area contributed by atoms with Gasteiger partial charge in [-0.1, -0.05) is 6.07 Å². The van der Waals surface area contributed by atoms with E-state index in [1.165, 1.54) is 0 Å². The number of amides is 1. The highest BCUT2D eigenvalue weighted by atomic mass is 16.1. The predicted molar refractivity (Wildman–Crippen MR) is 84.8 cm³/mol. The van der Waals surface area contributed by atoms with E-state index in [4.69, 9.17) is 0 Å². The molecule has 2 heterocycles. The lowest BCUT2D eigenvalue weighted by atomic mass is 10.3. The number of hydrogen-bond donors (Lipinski definition) is 1. The molecule has 1 N–H and O–H groups in total. The number of hydrogen-bond acceptors (Lipinski definition) is 5. The first-order chi connectivity index (χ1) is 10.1. The van der Waals surface area contributed by atoms with Crippen LogP contribution in [0.25, 0.3) is 0 Å². The zero-order chi connectivity index (χ0) is 15.2. The van der Waals surface area contributed by atoms with Crippen LogP contribution in [0.5, 0.6) is 0 Å². The largest absolute Gasteiger partial charge is 0.354 e. The number of carbonyl (C=O) groups is 1. The lowest BCUT2D eigenvalue weighted by molar-refractivity contribution is 0.0946. The van der Waals surface area contributed by atoms with Crippen LogP contribution >= 0.6 is 0 Å². The fourth-order valence-electron chi connectivity index (χ4n) is 2.24. The minimum Gasteiger partial charge on any atom is -0.354 e. The molecular formula is C15H25N5O. The Morgan fingerprint density at radius 2 is 2.00 bits per heavy atom. The third-order valence-electron chi connectivity index (χ3n) is 3.64. The number of nitrogens with one attached hydrogen (secondary N) is 1. The van der Waals surface area contributed by atoms with Crippen molar-refractivity contribution in [3.8, 4) is 0 Å². The van der Waals surface area contributed by atoms with Gasteiger partial charge in [-0.3, -0.25) is 4.79 Å². The van der Waals surface area contributed by atoms with Crippen LogP contribution in [0, 0.1) is 0 Å². The number of likely N-dealkylation sites (N-methyl/N-ethyl adjacent to an activating group) is 2. The highest BCUT2D eigenvalue weighted by molar-refractivity contribution is 5.92. The summed E-state index contributed by atoms with van der Waals surface area (Å²) in [5, 5.41) is 2.90. The Morgan fingerprint density at radius 1 is 1.29 bits per heavy atom. The molecule has 0 aromatic carbocycles. The smallest absolute Gasteiger partial charge is 0.270 e. The van der Waals surface area contributed by atoms with Gasteiger partial charge < -0.3 is 20.0 Å². The average molecular weight is 291 g/mol. The summed E-state index contributed by atoms with van der Waals surface area (Å²) in [5.74, 6) is 0.788. The second-order valence-corrected chi connectivity index (χ2v) is 5.73. The fourth-order valence-corrected chi connectivity index (χ4v) is 2.24. The molecule has 0 spiro atoms. The second-order valence-electron chi connectivity index (χ2n) is 5.73. The minimum absolute atomic E-state index is 0.104. The summed E-state index contributed by atoms with van der Waals surface area (Å²) in [5.41, 5.74) is 0.491. The molecule has 1 saturated heterocycles. The molecule has 1 aliphatic heterocycles. The van der Waals surface area contributed by atoms with Gasteiger partial charge in [-0.25, -0.2) is 4.98 Å². The summed E-state index contributed by atoms with van der Waals surface area (Å²) in [4.78, 5) is 23.2. The molecule has 1 aromatic rings. The zero-order valence-corrected chi connectivity index (χ0v) is 13.2. The maximum absolute atomic E-state index is 12.1. The van der Waals surface area contributed by atoms with Crippen molar-refractivity contribution in [1.82, 2.24) is 20.1 Å². The maximum Gasteiger partial charge on any atom is 0.270 e. The predicted octanol–water partition coefficient (Wildman–Crippen LogP) is 0.125. The molecule has 0 bridgehead atoms. The molecular weight excluding hydrogens is 266 g/mol. The normalized spacial score (nSPS) is 16.3. The van der Waals surface area contributed by atoms with Gasteiger partial charge in [0.15, 0.2) is 0 Å². The monoisotopic (exact) mass is 291 g/mol. The minimum atomic E-state index is -0.104. The van der Waals surface area contributed by atoms with Gasteiger partial charge in [0, 0.05) is 39.3 Å². The summed E-state index contributed by atoms with van der Waals surface area (Å²) >= 11 is 0. The Hall–Kier alpha value is -1.66. The summed E-state index contributed by atoms with van der Waals surface area (Å²) in [7, 11) is 6.09. The number of rotatable bonds is 5. The van der Waals surface area contributed by atoms with E-state index in [0.717, 1.165) is 38.5 Å². The van der Waals surface area contributed by atoms with E-state index in [2.05, 4.69) is 27.1 Å². The van der Waals surface area contributed by atoms with Gasteiger partial charge in [0.05, 0.1) is 0 Å². The van der Waals surface area contributed by atoms with Crippen LogP contribution in [0.4, 0.5) is 5.82 Å². The zero-order valence-electron chi connectivity index (χ0n) is 13.2. The van der Waals surface area contributed by atoms with Gasteiger partial charge in [-0.2, -0.15) is 0 Å². The van der Waals surface area contributed by atoms with E-state index in [1.807, 2.05) is 31.1 Å². The Kier molecular flexibility index (Phi) is 5.52. The van der Waals surface area contributed by atoms with E-state index in [9.17, 15) is 4.79 Å². The number of anilines is 1. The van der Waals surface area contributed by atoms with Crippen molar-refractivity contribution in [3.63, 3.8) is 0 Å². The Morgan fingerprint density at radius 3 is 2.67 bits per heavy atom. The van der Waals surface area contributed by atoms with Gasteiger partial charge in [-0.05, 0) is 33.3 Å². The van der Waals surface area contributed by atoms with Gasteiger partial charge in [0.1, 0.15) is 11.5 Å². The van der Waals surface area contributed by atoms with Crippen molar-refractivity contribution < 1.29 is 4.79 Å². The van der Waals surface area contributed by atoms with Gasteiger partial charge in [-0.15, -0.1) is 0 Å². The molecule has 1 aromatic heterocycles. The van der Waals surface area contributed by atoms with Crippen LogP contribution in [0.3, 0.4) is 0 Å². The molecule has 0 aliphatic carbocycles. The summed E-state index contributed by atoms with van der Waals surface area (Å²) < 4.78 is 0. The molecule has 0 radical (unpaired) electrons. The van der Waals surface area contributed by atoms with Crippen LogP contribution in [0.15, 0.2) is 18.2 Å². The first-order valence-electron chi connectivity index (χ1n) is 7.40. The van der Waals surface area contributed by atoms with Crippen LogP contribution in [0.1, 0.15) is 10.5 Å². The standard InChI is InChI=1S/C15H25N5O/c1-18(2)8-7-16-15(21)13-5-4-6-14(17-13)20-11-9-19(3)10-12-20/h4-6H,7-12H2,1-3H3,(H,16,21). The molecule has 116 valence electrons. The van der Waals surface area contributed by atoms with E-state index in [0.29, 0.717) is 12.2 Å². The molecule has 0 saturated carbocycles. The quantitative estimate of drug-likeness (QED) is 0.835. The van der Waals surface area contributed by atoms with Crippen LogP contribution in [0.2, 0.25) is 0 Å². The highest BCUT2D eigenvalue weighted by Gasteiger charge is 2.16. The Bertz CT molecular complexity index is 469. The molecule has 1 fully saturated rings. The molecule has 0 atom stereocenters. The first kappa shape index (κ1) is 15.7. The van der Waals surface area contributed by atoms with Crippen molar-refractivity contribution in [3.05, 3.63) is 23.9 Å². The fraction of sp³-hybridized carbons (Fsp3) is 0.600. The summed E-state index contributed by atoms with van der Waals surface area (Å²) in [6, 6.07) is 5.65. The van der Waals surface area contributed by atoms with Crippen molar-refractivity contribution in [2.75, 3.05) is 65.3 Å². The van der Waals surface area contributed by atoms with E-state index >= 15 is 0 Å². The molecule has 1 amide bonds. The molecule has 2 rings (SSSR count). The first-order valence-corrected chi connectivity index (χ1v) is 7.40. The molecule has 6 heteroatoms. The van der Waals surface area contributed by atoms with Crippen molar-refractivity contribution >= 4 is 11.7 Å². The van der Waals surface area contributed by atoms with E-state index in [-0.39, 0.29) is 5.91 Å². The van der Waals surface area contributed by atoms with Crippen molar-refractivity contribution in [2.45, 2.75) is 0 Å². The second kappa shape index (κ2) is 7.38. The third-order valence-corrected chi connectivity index (χ3v) is 3.64.